The van der Waals surface area contributed by atoms with Crippen molar-refractivity contribution in [1.82, 2.24) is 8.87 Å². The van der Waals surface area contributed by atoms with E-state index in [0.717, 1.165) is 24.2 Å². The minimum atomic E-state index is -3.70. The molecule has 0 spiro atoms. The van der Waals surface area contributed by atoms with Gasteiger partial charge in [-0.3, -0.25) is 4.79 Å². The molecule has 3 rings (SSSR count). The van der Waals surface area contributed by atoms with Crippen LogP contribution in [0.5, 0.6) is 0 Å². The minimum absolute atomic E-state index is 0.0352. The van der Waals surface area contributed by atoms with Crippen molar-refractivity contribution in [3.8, 4) is 0 Å². The van der Waals surface area contributed by atoms with E-state index in [0.29, 0.717) is 30.3 Å². The Bertz CT molecular complexity index is 1110. The molecule has 1 aromatic carbocycles. The Kier molecular flexibility index (Phi) is 6.71. The molecule has 1 heterocycles. The standard InChI is InChI=1S/C23H30N2O5S/c1-6-24(7-2)31(28,29)19-11-8-15(3)20(13-19)23(27)30-14-22(26)21-12-16(4)25(17(21)5)18-9-10-18/h8,11-13,18H,6-7,9-10,14H2,1-5H3. The molecule has 1 aromatic heterocycles. The summed E-state index contributed by atoms with van der Waals surface area (Å²) >= 11 is 0. The number of sulfonamides is 1. The van der Waals surface area contributed by atoms with Crippen LogP contribution in [0, 0.1) is 20.8 Å². The van der Waals surface area contributed by atoms with Gasteiger partial charge in [0.1, 0.15) is 0 Å². The van der Waals surface area contributed by atoms with Crippen molar-refractivity contribution >= 4 is 21.8 Å². The van der Waals surface area contributed by atoms with Crippen molar-refractivity contribution in [3.05, 3.63) is 52.3 Å². The lowest BCUT2D eigenvalue weighted by Gasteiger charge is -2.19. The van der Waals surface area contributed by atoms with Gasteiger partial charge in [0.2, 0.25) is 15.8 Å². The molecule has 1 aliphatic rings. The molecule has 1 fully saturated rings. The van der Waals surface area contributed by atoms with Gasteiger partial charge in [0.05, 0.1) is 10.5 Å². The van der Waals surface area contributed by atoms with Crippen LogP contribution in [0.15, 0.2) is 29.2 Å². The first kappa shape index (κ1) is 23.2. The summed E-state index contributed by atoms with van der Waals surface area (Å²) in [5.41, 5.74) is 3.21. The van der Waals surface area contributed by atoms with Gasteiger partial charge in [-0.15, -0.1) is 0 Å². The average molecular weight is 447 g/mol. The van der Waals surface area contributed by atoms with Crippen LogP contribution in [0.2, 0.25) is 0 Å². The molecule has 0 unspecified atom stereocenters. The molecular formula is C23H30N2O5S. The van der Waals surface area contributed by atoms with Crippen LogP contribution in [-0.4, -0.2) is 48.7 Å². The molecule has 0 aliphatic heterocycles. The zero-order chi connectivity index (χ0) is 22.9. The number of rotatable bonds is 9. The smallest absolute Gasteiger partial charge is 0.338 e. The normalized spacial score (nSPS) is 14.1. The predicted octanol–water partition coefficient (Wildman–Crippen LogP) is 3.82. The number of nitrogens with zero attached hydrogens (tertiary/aromatic N) is 2. The highest BCUT2D eigenvalue weighted by atomic mass is 32.2. The maximum atomic E-state index is 12.8. The predicted molar refractivity (Wildman–Crippen MR) is 118 cm³/mol. The summed E-state index contributed by atoms with van der Waals surface area (Å²) in [6.45, 7) is 9.38. The third-order valence-electron chi connectivity index (χ3n) is 5.80. The number of carbonyl (C=O) groups is 2. The molecular weight excluding hydrogens is 416 g/mol. The molecule has 0 amide bonds. The molecule has 0 saturated heterocycles. The van der Waals surface area contributed by atoms with Gasteiger partial charge in [-0.2, -0.15) is 4.31 Å². The molecule has 1 aliphatic carbocycles. The number of hydrogen-bond donors (Lipinski definition) is 0. The van der Waals surface area contributed by atoms with E-state index in [1.165, 1.54) is 16.4 Å². The van der Waals surface area contributed by atoms with Crippen LogP contribution in [0.1, 0.15) is 70.4 Å². The minimum Gasteiger partial charge on any atom is -0.454 e. The molecule has 31 heavy (non-hydrogen) atoms. The molecule has 0 N–H and O–H groups in total. The summed E-state index contributed by atoms with van der Waals surface area (Å²) < 4.78 is 34.3. The number of aromatic nitrogens is 1. The van der Waals surface area contributed by atoms with E-state index >= 15 is 0 Å². The van der Waals surface area contributed by atoms with Crippen LogP contribution in [0.3, 0.4) is 0 Å². The molecule has 0 atom stereocenters. The zero-order valence-corrected chi connectivity index (χ0v) is 19.6. The fourth-order valence-corrected chi connectivity index (χ4v) is 5.42. The Morgan fingerprint density at radius 3 is 2.29 bits per heavy atom. The van der Waals surface area contributed by atoms with E-state index in [1.54, 1.807) is 26.8 Å². The Labute approximate surface area is 184 Å². The monoisotopic (exact) mass is 446 g/mol. The summed E-state index contributed by atoms with van der Waals surface area (Å²) in [6.07, 6.45) is 2.23. The van der Waals surface area contributed by atoms with Crippen molar-refractivity contribution < 1.29 is 22.7 Å². The lowest BCUT2D eigenvalue weighted by molar-refractivity contribution is 0.0473. The highest BCUT2D eigenvalue weighted by molar-refractivity contribution is 7.89. The third kappa shape index (κ3) is 4.60. The first-order chi connectivity index (χ1) is 14.6. The van der Waals surface area contributed by atoms with Gasteiger partial charge < -0.3 is 9.30 Å². The largest absolute Gasteiger partial charge is 0.454 e. The van der Waals surface area contributed by atoms with E-state index in [9.17, 15) is 18.0 Å². The highest BCUT2D eigenvalue weighted by Crippen LogP contribution is 2.38. The lowest BCUT2D eigenvalue weighted by atomic mass is 10.1. The van der Waals surface area contributed by atoms with E-state index in [1.807, 2.05) is 19.9 Å². The molecule has 8 heteroatoms. The number of benzene rings is 1. The van der Waals surface area contributed by atoms with E-state index in [2.05, 4.69) is 4.57 Å². The number of ketones is 1. The van der Waals surface area contributed by atoms with Crippen molar-refractivity contribution in [2.45, 2.75) is 58.4 Å². The van der Waals surface area contributed by atoms with Crippen LogP contribution in [-0.2, 0) is 14.8 Å². The molecule has 2 aromatic rings. The van der Waals surface area contributed by atoms with E-state index in [-0.39, 0.29) is 22.8 Å². The summed E-state index contributed by atoms with van der Waals surface area (Å²) in [7, 11) is -3.70. The van der Waals surface area contributed by atoms with Crippen LogP contribution < -0.4 is 0 Å². The molecule has 0 radical (unpaired) electrons. The first-order valence-corrected chi connectivity index (χ1v) is 12.0. The van der Waals surface area contributed by atoms with Gasteiger partial charge in [0.25, 0.3) is 0 Å². The Morgan fingerprint density at radius 1 is 1.06 bits per heavy atom. The Balaban J connectivity index is 1.77. The third-order valence-corrected chi connectivity index (χ3v) is 7.85. The summed E-state index contributed by atoms with van der Waals surface area (Å²) in [4.78, 5) is 25.4. The Morgan fingerprint density at radius 2 is 1.71 bits per heavy atom. The molecule has 1 saturated carbocycles. The fourth-order valence-electron chi connectivity index (χ4n) is 3.93. The highest BCUT2D eigenvalue weighted by Gasteiger charge is 2.29. The van der Waals surface area contributed by atoms with Gasteiger partial charge in [0, 0.05) is 36.1 Å². The van der Waals surface area contributed by atoms with Crippen LogP contribution in [0.4, 0.5) is 0 Å². The van der Waals surface area contributed by atoms with Gasteiger partial charge in [-0.25, -0.2) is 13.2 Å². The quantitative estimate of drug-likeness (QED) is 0.432. The van der Waals surface area contributed by atoms with Crippen molar-refractivity contribution in [2.75, 3.05) is 19.7 Å². The van der Waals surface area contributed by atoms with E-state index < -0.39 is 16.0 Å². The summed E-state index contributed by atoms with van der Waals surface area (Å²) in [6, 6.07) is 6.69. The van der Waals surface area contributed by atoms with Gasteiger partial charge in [0.15, 0.2) is 6.61 Å². The summed E-state index contributed by atoms with van der Waals surface area (Å²) in [5.74, 6) is -0.976. The van der Waals surface area contributed by atoms with Crippen molar-refractivity contribution in [3.63, 3.8) is 0 Å². The molecule has 7 nitrogen and oxygen atoms in total. The molecule has 0 bridgehead atoms. The number of esters is 1. The SMILES string of the molecule is CCN(CC)S(=O)(=O)c1ccc(C)c(C(=O)OCC(=O)c2cc(C)n(C3CC3)c2C)c1. The zero-order valence-electron chi connectivity index (χ0n) is 18.8. The second kappa shape index (κ2) is 8.96. The van der Waals surface area contributed by atoms with Crippen LogP contribution >= 0.6 is 0 Å². The Hall–Kier alpha value is -2.45. The van der Waals surface area contributed by atoms with Gasteiger partial charge in [-0.1, -0.05) is 19.9 Å². The number of Topliss-reactive ketones (excluding diaryl/α,β-unsaturated/α-hetero) is 1. The number of ether oxygens (including phenoxy) is 1. The molecule has 168 valence electrons. The lowest BCUT2D eigenvalue weighted by Crippen LogP contribution is -2.30. The topological polar surface area (TPSA) is 85.7 Å². The number of hydrogen-bond acceptors (Lipinski definition) is 5. The maximum Gasteiger partial charge on any atom is 0.338 e. The first-order valence-electron chi connectivity index (χ1n) is 10.6. The van der Waals surface area contributed by atoms with Gasteiger partial charge in [-0.05, 0) is 57.4 Å². The average Bonchev–Trinajstić information content (AvgIpc) is 3.51. The summed E-state index contributed by atoms with van der Waals surface area (Å²) in [5, 5.41) is 0. The van der Waals surface area contributed by atoms with Gasteiger partial charge >= 0.3 is 5.97 Å². The van der Waals surface area contributed by atoms with Crippen molar-refractivity contribution in [2.24, 2.45) is 0 Å². The van der Waals surface area contributed by atoms with Crippen LogP contribution in [0.25, 0.3) is 0 Å². The number of aryl methyl sites for hydroxylation is 2. The number of carbonyl (C=O) groups excluding carboxylic acids is 2. The van der Waals surface area contributed by atoms with Crippen molar-refractivity contribution in [1.29, 1.82) is 0 Å². The maximum absolute atomic E-state index is 12.8. The van der Waals surface area contributed by atoms with E-state index in [4.69, 9.17) is 4.74 Å². The second-order valence-electron chi connectivity index (χ2n) is 7.95. The fraction of sp³-hybridized carbons (Fsp3) is 0.478. The second-order valence-corrected chi connectivity index (χ2v) is 9.89.